The summed E-state index contributed by atoms with van der Waals surface area (Å²) < 4.78 is 11.8. The van der Waals surface area contributed by atoms with Crippen molar-refractivity contribution in [3.05, 3.63) is 42.5 Å². The third-order valence-electron chi connectivity index (χ3n) is 5.21. The van der Waals surface area contributed by atoms with E-state index in [2.05, 4.69) is 44.3 Å². The van der Waals surface area contributed by atoms with Gasteiger partial charge in [-0.15, -0.1) is 0 Å². The van der Waals surface area contributed by atoms with Gasteiger partial charge >= 0.3 is 5.97 Å². The Kier molecular flexibility index (Phi) is 11.3. The van der Waals surface area contributed by atoms with Crippen molar-refractivity contribution in [3.8, 4) is 5.75 Å². The van der Waals surface area contributed by atoms with Crippen molar-refractivity contribution in [2.75, 3.05) is 13.2 Å². The predicted molar refractivity (Wildman–Crippen MR) is 125 cm³/mol. The van der Waals surface area contributed by atoms with Gasteiger partial charge in [0.2, 0.25) is 0 Å². The summed E-state index contributed by atoms with van der Waals surface area (Å²) in [6.07, 6.45) is 8.53. The number of hydrogen-bond acceptors (Lipinski definition) is 4. The summed E-state index contributed by atoms with van der Waals surface area (Å²) in [6.45, 7) is 7.33. The third kappa shape index (κ3) is 9.17. The molecule has 0 radical (unpaired) electrons. The molecule has 0 bridgehead atoms. The first kappa shape index (κ1) is 24.2. The molecule has 30 heavy (non-hydrogen) atoms. The van der Waals surface area contributed by atoms with Gasteiger partial charge in [0, 0.05) is 24.4 Å². The minimum atomic E-state index is -0.302. The Balaban J connectivity index is 1.82. The van der Waals surface area contributed by atoms with Gasteiger partial charge in [-0.25, -0.2) is 0 Å². The van der Waals surface area contributed by atoms with Gasteiger partial charge < -0.3 is 14.8 Å². The largest absolute Gasteiger partial charge is 0.489 e. The van der Waals surface area contributed by atoms with Crippen molar-refractivity contribution >= 4 is 16.7 Å². The summed E-state index contributed by atoms with van der Waals surface area (Å²) in [7, 11) is 0. The van der Waals surface area contributed by atoms with Crippen molar-refractivity contribution in [2.24, 2.45) is 0 Å². The molecule has 0 saturated carbocycles. The maximum atomic E-state index is 12.4. The highest BCUT2D eigenvalue weighted by Gasteiger charge is 2.16. The van der Waals surface area contributed by atoms with Crippen LogP contribution in [-0.2, 0) is 9.53 Å². The van der Waals surface area contributed by atoms with E-state index in [4.69, 9.17) is 9.47 Å². The van der Waals surface area contributed by atoms with E-state index in [1.54, 1.807) is 0 Å². The van der Waals surface area contributed by atoms with Gasteiger partial charge in [0.25, 0.3) is 0 Å². The zero-order valence-electron chi connectivity index (χ0n) is 19.0. The first-order valence-corrected chi connectivity index (χ1v) is 11.6. The second-order valence-electron chi connectivity index (χ2n) is 8.33. The molecule has 2 aromatic carbocycles. The summed E-state index contributed by atoms with van der Waals surface area (Å²) in [4.78, 5) is 12.4. The average molecular weight is 414 g/mol. The molecule has 0 aliphatic rings. The Labute approximate surface area is 182 Å². The minimum Gasteiger partial charge on any atom is -0.489 e. The molecule has 2 rings (SSSR count). The van der Waals surface area contributed by atoms with Gasteiger partial charge in [-0.3, -0.25) is 4.79 Å². The van der Waals surface area contributed by atoms with Crippen LogP contribution in [0.4, 0.5) is 0 Å². The third-order valence-corrected chi connectivity index (χ3v) is 5.21. The van der Waals surface area contributed by atoms with Crippen LogP contribution in [0, 0.1) is 0 Å². The quantitative estimate of drug-likeness (QED) is 0.276. The Hall–Kier alpha value is -2.07. The van der Waals surface area contributed by atoms with E-state index in [-0.39, 0.29) is 12.1 Å². The van der Waals surface area contributed by atoms with E-state index < -0.39 is 0 Å². The van der Waals surface area contributed by atoms with Crippen LogP contribution in [0.2, 0.25) is 0 Å². The Bertz CT molecular complexity index is 739. The monoisotopic (exact) mass is 413 g/mol. The van der Waals surface area contributed by atoms with Gasteiger partial charge in [0.15, 0.2) is 0 Å². The van der Waals surface area contributed by atoms with Crippen molar-refractivity contribution < 1.29 is 14.3 Å². The van der Waals surface area contributed by atoms with Crippen molar-refractivity contribution in [2.45, 2.75) is 84.3 Å². The van der Waals surface area contributed by atoms with Gasteiger partial charge in [-0.1, -0.05) is 95.7 Å². The molecular weight excluding hydrogens is 374 g/mol. The number of hydrogen-bond donors (Lipinski definition) is 1. The standard InChI is InChI=1S/C26H39NO3/c1-4-5-6-7-8-9-10-18-26(28)30-23(19-27-21(2)3)20-29-25-17-13-15-22-14-11-12-16-24(22)25/h11-17,21,23,27H,4-10,18-20H2,1-3H3. The summed E-state index contributed by atoms with van der Waals surface area (Å²) in [5.41, 5.74) is 0. The summed E-state index contributed by atoms with van der Waals surface area (Å²) in [6, 6.07) is 14.5. The molecule has 166 valence electrons. The smallest absolute Gasteiger partial charge is 0.306 e. The Morgan fingerprint density at radius 1 is 0.933 bits per heavy atom. The number of rotatable bonds is 15. The number of fused-ring (bicyclic) bond motifs is 1. The maximum absolute atomic E-state index is 12.4. The van der Waals surface area contributed by atoms with Crippen LogP contribution in [0.3, 0.4) is 0 Å². The van der Waals surface area contributed by atoms with Crippen LogP contribution in [-0.4, -0.2) is 31.3 Å². The average Bonchev–Trinajstić information content (AvgIpc) is 2.75. The fraction of sp³-hybridized carbons (Fsp3) is 0.577. The Morgan fingerprint density at radius 3 is 2.40 bits per heavy atom. The van der Waals surface area contributed by atoms with Crippen LogP contribution < -0.4 is 10.1 Å². The first-order chi connectivity index (χ1) is 14.6. The molecule has 0 aliphatic heterocycles. The molecule has 1 unspecified atom stereocenters. The predicted octanol–water partition coefficient (Wildman–Crippen LogP) is 6.27. The molecule has 0 saturated heterocycles. The van der Waals surface area contributed by atoms with E-state index in [1.165, 1.54) is 32.1 Å². The van der Waals surface area contributed by atoms with Crippen LogP contribution in [0.15, 0.2) is 42.5 Å². The molecule has 0 spiro atoms. The normalized spacial score (nSPS) is 12.3. The fourth-order valence-electron chi connectivity index (χ4n) is 3.48. The summed E-state index contributed by atoms with van der Waals surface area (Å²) in [5, 5.41) is 5.58. The zero-order valence-corrected chi connectivity index (χ0v) is 19.0. The highest BCUT2D eigenvalue weighted by molar-refractivity contribution is 5.88. The Morgan fingerprint density at radius 2 is 1.63 bits per heavy atom. The highest BCUT2D eigenvalue weighted by atomic mass is 16.6. The van der Waals surface area contributed by atoms with Crippen molar-refractivity contribution in [1.29, 1.82) is 0 Å². The molecule has 0 aliphatic carbocycles. The van der Waals surface area contributed by atoms with Gasteiger partial charge in [-0.05, 0) is 17.9 Å². The molecule has 2 aromatic rings. The molecule has 0 fully saturated rings. The molecule has 0 heterocycles. The first-order valence-electron chi connectivity index (χ1n) is 11.6. The number of carbonyl (C=O) groups excluding carboxylic acids is 1. The van der Waals surface area contributed by atoms with E-state index in [1.807, 2.05) is 24.3 Å². The van der Waals surface area contributed by atoms with Gasteiger partial charge in [0.1, 0.15) is 18.5 Å². The van der Waals surface area contributed by atoms with Gasteiger partial charge in [0.05, 0.1) is 0 Å². The summed E-state index contributed by atoms with van der Waals surface area (Å²) >= 11 is 0. The van der Waals surface area contributed by atoms with Crippen molar-refractivity contribution in [1.82, 2.24) is 5.32 Å². The number of unbranched alkanes of at least 4 members (excludes halogenated alkanes) is 6. The van der Waals surface area contributed by atoms with E-state index in [0.717, 1.165) is 29.4 Å². The van der Waals surface area contributed by atoms with E-state index in [9.17, 15) is 4.79 Å². The molecule has 4 nitrogen and oxygen atoms in total. The number of nitrogens with one attached hydrogen (secondary N) is 1. The molecule has 4 heteroatoms. The zero-order chi connectivity index (χ0) is 21.6. The number of esters is 1. The lowest BCUT2D eigenvalue weighted by Gasteiger charge is -2.21. The summed E-state index contributed by atoms with van der Waals surface area (Å²) in [5.74, 6) is 0.700. The molecule has 1 N–H and O–H groups in total. The number of ether oxygens (including phenoxy) is 2. The van der Waals surface area contributed by atoms with Crippen molar-refractivity contribution in [3.63, 3.8) is 0 Å². The van der Waals surface area contributed by atoms with E-state index >= 15 is 0 Å². The molecule has 0 aromatic heterocycles. The number of benzene rings is 2. The van der Waals surface area contributed by atoms with Crippen LogP contribution >= 0.6 is 0 Å². The second kappa shape index (κ2) is 14.0. The lowest BCUT2D eigenvalue weighted by molar-refractivity contribution is -0.150. The molecular formula is C26H39NO3. The van der Waals surface area contributed by atoms with Crippen LogP contribution in [0.25, 0.3) is 10.8 Å². The SMILES string of the molecule is CCCCCCCCCC(=O)OC(CNC(C)C)COc1cccc2ccccc12. The maximum Gasteiger partial charge on any atom is 0.306 e. The lowest BCUT2D eigenvalue weighted by Crippen LogP contribution is -2.38. The highest BCUT2D eigenvalue weighted by Crippen LogP contribution is 2.25. The molecule has 1 atom stereocenters. The second-order valence-corrected chi connectivity index (χ2v) is 8.33. The number of carbonyl (C=O) groups is 1. The molecule has 0 amide bonds. The lowest BCUT2D eigenvalue weighted by atomic mass is 10.1. The van der Waals surface area contributed by atoms with Crippen LogP contribution in [0.1, 0.15) is 72.1 Å². The van der Waals surface area contributed by atoms with Crippen LogP contribution in [0.5, 0.6) is 5.75 Å². The minimum absolute atomic E-state index is 0.124. The van der Waals surface area contributed by atoms with Gasteiger partial charge in [-0.2, -0.15) is 0 Å². The topological polar surface area (TPSA) is 47.6 Å². The van der Waals surface area contributed by atoms with E-state index in [0.29, 0.717) is 25.6 Å². The fourth-order valence-corrected chi connectivity index (χ4v) is 3.48.